The summed E-state index contributed by atoms with van der Waals surface area (Å²) in [7, 11) is 0. The van der Waals surface area contributed by atoms with E-state index < -0.39 is 5.97 Å². The maximum absolute atomic E-state index is 10.9. The van der Waals surface area contributed by atoms with Crippen molar-refractivity contribution in [3.8, 4) is 0 Å². The Bertz CT molecular complexity index is 513. The molecule has 1 N–H and O–H groups in total. The maximum Gasteiger partial charge on any atom is 0.337 e. The number of hydrogen-bond acceptors (Lipinski definition) is 3. The SMILES string of the molecule is O=C(O)c1ccc(Br)c2cncnc12. The zero-order valence-corrected chi connectivity index (χ0v) is 8.52. The summed E-state index contributed by atoms with van der Waals surface area (Å²) in [5, 5.41) is 9.60. The van der Waals surface area contributed by atoms with Crippen molar-refractivity contribution in [3.05, 3.63) is 34.7 Å². The van der Waals surface area contributed by atoms with E-state index in [1.807, 2.05) is 0 Å². The Labute approximate surface area is 87.7 Å². The van der Waals surface area contributed by atoms with Crippen molar-refractivity contribution >= 4 is 32.8 Å². The van der Waals surface area contributed by atoms with Crippen molar-refractivity contribution in [2.45, 2.75) is 0 Å². The first-order chi connectivity index (χ1) is 6.70. The molecule has 0 bridgehead atoms. The summed E-state index contributed by atoms with van der Waals surface area (Å²) in [4.78, 5) is 18.6. The van der Waals surface area contributed by atoms with Crippen molar-refractivity contribution in [1.82, 2.24) is 9.97 Å². The lowest BCUT2D eigenvalue weighted by Crippen LogP contribution is -1.99. The fourth-order valence-electron chi connectivity index (χ4n) is 1.22. The van der Waals surface area contributed by atoms with Crippen LogP contribution < -0.4 is 0 Å². The van der Waals surface area contributed by atoms with Crippen LogP contribution in [0.3, 0.4) is 0 Å². The van der Waals surface area contributed by atoms with Crippen LogP contribution in [-0.2, 0) is 0 Å². The number of hydrogen-bond donors (Lipinski definition) is 1. The third-order valence-corrected chi connectivity index (χ3v) is 2.54. The van der Waals surface area contributed by atoms with Crippen LogP contribution in [0.4, 0.5) is 0 Å². The second-order valence-corrected chi connectivity index (χ2v) is 3.54. The minimum absolute atomic E-state index is 0.186. The fraction of sp³-hybridized carbons (Fsp3) is 0. The highest BCUT2D eigenvalue weighted by Gasteiger charge is 2.10. The first kappa shape index (κ1) is 9.08. The molecule has 4 nitrogen and oxygen atoms in total. The number of carbonyl (C=O) groups is 1. The lowest BCUT2D eigenvalue weighted by molar-refractivity contribution is 0.0699. The van der Waals surface area contributed by atoms with Crippen molar-refractivity contribution in [2.75, 3.05) is 0 Å². The van der Waals surface area contributed by atoms with Gasteiger partial charge in [-0.3, -0.25) is 0 Å². The number of rotatable bonds is 1. The Morgan fingerprint density at radius 1 is 1.43 bits per heavy atom. The summed E-state index contributed by atoms with van der Waals surface area (Å²) in [6, 6.07) is 3.19. The van der Waals surface area contributed by atoms with Crippen LogP contribution in [0.15, 0.2) is 29.1 Å². The van der Waals surface area contributed by atoms with E-state index in [9.17, 15) is 4.79 Å². The standard InChI is InChI=1S/C9H5BrN2O2/c10-7-2-1-5(9(13)14)8-6(7)3-11-4-12-8/h1-4H,(H,13,14). The van der Waals surface area contributed by atoms with Gasteiger partial charge in [-0.05, 0) is 12.1 Å². The van der Waals surface area contributed by atoms with Crippen molar-refractivity contribution < 1.29 is 9.90 Å². The van der Waals surface area contributed by atoms with E-state index in [0.29, 0.717) is 10.9 Å². The molecule has 0 saturated heterocycles. The number of benzene rings is 1. The van der Waals surface area contributed by atoms with Gasteiger partial charge in [0, 0.05) is 16.1 Å². The molecule has 1 heterocycles. The molecule has 0 aliphatic heterocycles. The number of fused-ring (bicyclic) bond motifs is 1. The van der Waals surface area contributed by atoms with Gasteiger partial charge in [-0.15, -0.1) is 0 Å². The summed E-state index contributed by atoms with van der Waals surface area (Å²) in [6.07, 6.45) is 2.92. The van der Waals surface area contributed by atoms with Gasteiger partial charge in [0.1, 0.15) is 6.33 Å². The normalized spacial score (nSPS) is 10.4. The molecule has 1 aromatic carbocycles. The molecule has 2 rings (SSSR count). The van der Waals surface area contributed by atoms with Gasteiger partial charge < -0.3 is 5.11 Å². The van der Waals surface area contributed by atoms with E-state index in [1.54, 1.807) is 12.3 Å². The second kappa shape index (κ2) is 3.34. The molecule has 70 valence electrons. The number of aromatic carboxylic acids is 1. The smallest absolute Gasteiger partial charge is 0.337 e. The first-order valence-electron chi connectivity index (χ1n) is 3.81. The number of halogens is 1. The van der Waals surface area contributed by atoms with E-state index in [2.05, 4.69) is 25.9 Å². The quantitative estimate of drug-likeness (QED) is 0.845. The van der Waals surface area contributed by atoms with Crippen LogP contribution >= 0.6 is 15.9 Å². The molecule has 2 aromatic rings. The molecule has 5 heteroatoms. The number of carboxylic acids is 1. The summed E-state index contributed by atoms with van der Waals surface area (Å²) in [5.41, 5.74) is 0.632. The van der Waals surface area contributed by atoms with Crippen LogP contribution in [0.2, 0.25) is 0 Å². The molecule has 1 aromatic heterocycles. The predicted molar refractivity (Wildman–Crippen MR) is 54.2 cm³/mol. The number of aromatic nitrogens is 2. The molecule has 0 radical (unpaired) electrons. The minimum Gasteiger partial charge on any atom is -0.478 e. The van der Waals surface area contributed by atoms with Crippen molar-refractivity contribution in [2.24, 2.45) is 0 Å². The van der Waals surface area contributed by atoms with Crippen LogP contribution in [0.5, 0.6) is 0 Å². The Morgan fingerprint density at radius 3 is 2.93 bits per heavy atom. The summed E-state index contributed by atoms with van der Waals surface area (Å²) in [6.45, 7) is 0. The van der Waals surface area contributed by atoms with Gasteiger partial charge in [0.15, 0.2) is 0 Å². The van der Waals surface area contributed by atoms with Crippen LogP contribution in [0.25, 0.3) is 10.9 Å². The van der Waals surface area contributed by atoms with E-state index in [4.69, 9.17) is 5.11 Å². The Morgan fingerprint density at radius 2 is 2.21 bits per heavy atom. The third kappa shape index (κ3) is 1.35. The molecule has 0 spiro atoms. The van der Waals surface area contributed by atoms with Crippen LogP contribution in [0.1, 0.15) is 10.4 Å². The minimum atomic E-state index is -0.985. The van der Waals surface area contributed by atoms with Crippen molar-refractivity contribution in [3.63, 3.8) is 0 Å². The Balaban J connectivity index is 2.88. The van der Waals surface area contributed by atoms with E-state index in [1.165, 1.54) is 12.4 Å². The summed E-state index contributed by atoms with van der Waals surface area (Å²) in [5.74, 6) is -0.985. The molecule has 0 amide bonds. The van der Waals surface area contributed by atoms with E-state index in [0.717, 1.165) is 4.47 Å². The molecule has 14 heavy (non-hydrogen) atoms. The summed E-state index contributed by atoms with van der Waals surface area (Å²) >= 11 is 3.31. The van der Waals surface area contributed by atoms with Gasteiger partial charge in [0.05, 0.1) is 11.1 Å². The zero-order chi connectivity index (χ0) is 10.1. The van der Waals surface area contributed by atoms with Crippen LogP contribution in [0, 0.1) is 0 Å². The first-order valence-corrected chi connectivity index (χ1v) is 4.61. The lowest BCUT2D eigenvalue weighted by atomic mass is 10.1. The fourth-order valence-corrected chi connectivity index (χ4v) is 1.64. The van der Waals surface area contributed by atoms with Gasteiger partial charge in [-0.2, -0.15) is 0 Å². The highest BCUT2D eigenvalue weighted by Crippen LogP contribution is 2.24. The van der Waals surface area contributed by atoms with Crippen LogP contribution in [-0.4, -0.2) is 21.0 Å². The van der Waals surface area contributed by atoms with Gasteiger partial charge >= 0.3 is 5.97 Å². The molecular weight excluding hydrogens is 248 g/mol. The highest BCUT2D eigenvalue weighted by atomic mass is 79.9. The van der Waals surface area contributed by atoms with Gasteiger partial charge in [0.2, 0.25) is 0 Å². The van der Waals surface area contributed by atoms with Gasteiger partial charge in [0.25, 0.3) is 0 Å². The summed E-state index contributed by atoms with van der Waals surface area (Å²) < 4.78 is 0.790. The molecule has 0 fully saturated rings. The largest absolute Gasteiger partial charge is 0.478 e. The maximum atomic E-state index is 10.9. The molecule has 0 aliphatic rings. The molecule has 0 saturated carbocycles. The molecular formula is C9H5BrN2O2. The van der Waals surface area contributed by atoms with E-state index >= 15 is 0 Å². The van der Waals surface area contributed by atoms with E-state index in [-0.39, 0.29) is 5.56 Å². The van der Waals surface area contributed by atoms with Crippen molar-refractivity contribution in [1.29, 1.82) is 0 Å². The zero-order valence-electron chi connectivity index (χ0n) is 6.94. The molecule has 0 aliphatic carbocycles. The number of carboxylic acid groups (broad SMARTS) is 1. The Hall–Kier alpha value is -1.49. The number of nitrogens with zero attached hydrogens (tertiary/aromatic N) is 2. The average molecular weight is 253 g/mol. The monoisotopic (exact) mass is 252 g/mol. The highest BCUT2D eigenvalue weighted by molar-refractivity contribution is 9.10. The topological polar surface area (TPSA) is 63.1 Å². The Kier molecular flexibility index (Phi) is 2.17. The average Bonchev–Trinajstić information content (AvgIpc) is 2.18. The lowest BCUT2D eigenvalue weighted by Gasteiger charge is -2.01. The second-order valence-electron chi connectivity index (χ2n) is 2.69. The predicted octanol–water partition coefficient (Wildman–Crippen LogP) is 2.09. The van der Waals surface area contributed by atoms with Gasteiger partial charge in [-0.1, -0.05) is 15.9 Å². The molecule has 0 atom stereocenters. The third-order valence-electron chi connectivity index (χ3n) is 1.85. The molecule has 0 unspecified atom stereocenters. The van der Waals surface area contributed by atoms with Gasteiger partial charge in [-0.25, -0.2) is 14.8 Å².